The number of nitrogens with zero attached hydrogens (tertiary/aromatic N) is 1. The monoisotopic (exact) mass is 406 g/mol. The van der Waals surface area contributed by atoms with Crippen molar-refractivity contribution in [3.8, 4) is 5.75 Å². The number of aryl methyl sites for hydroxylation is 1. The second-order valence-corrected chi connectivity index (χ2v) is 7.79. The van der Waals surface area contributed by atoms with E-state index in [1.54, 1.807) is 7.11 Å². The molecule has 0 unspecified atom stereocenters. The third-order valence-corrected chi connectivity index (χ3v) is 5.79. The van der Waals surface area contributed by atoms with Crippen LogP contribution in [0.2, 0.25) is 0 Å². The van der Waals surface area contributed by atoms with Crippen molar-refractivity contribution in [3.63, 3.8) is 0 Å². The Bertz CT molecular complexity index is 948. The number of rotatable bonds is 5. The molecule has 0 aromatic heterocycles. The van der Waals surface area contributed by atoms with E-state index in [-0.39, 0.29) is 5.91 Å². The maximum atomic E-state index is 12.9. The number of benzene rings is 2. The van der Waals surface area contributed by atoms with Crippen molar-refractivity contribution in [2.24, 2.45) is 0 Å². The molecule has 0 atom stereocenters. The fourth-order valence-corrected chi connectivity index (χ4v) is 4.16. The molecular formula is C24H30N4O2. The first kappa shape index (κ1) is 20.4. The van der Waals surface area contributed by atoms with Crippen molar-refractivity contribution in [2.45, 2.75) is 13.3 Å². The van der Waals surface area contributed by atoms with Gasteiger partial charge in [0.15, 0.2) is 0 Å². The molecule has 2 aromatic carbocycles. The Morgan fingerprint density at radius 3 is 2.60 bits per heavy atom. The number of carbonyl (C=O) groups excluding carboxylic acids is 1. The van der Waals surface area contributed by atoms with Crippen LogP contribution in [-0.4, -0.2) is 52.3 Å². The van der Waals surface area contributed by atoms with Gasteiger partial charge in [0.1, 0.15) is 5.75 Å². The number of ether oxygens (including phenoxy) is 1. The van der Waals surface area contributed by atoms with Gasteiger partial charge >= 0.3 is 0 Å². The van der Waals surface area contributed by atoms with Crippen molar-refractivity contribution >= 4 is 22.9 Å². The molecule has 2 aliphatic rings. The largest absolute Gasteiger partial charge is 0.496 e. The molecule has 2 heterocycles. The van der Waals surface area contributed by atoms with Crippen LogP contribution in [0.25, 0.3) is 5.57 Å². The molecule has 1 saturated heterocycles. The van der Waals surface area contributed by atoms with E-state index in [2.05, 4.69) is 39.9 Å². The lowest BCUT2D eigenvalue weighted by Crippen LogP contribution is -2.43. The Labute approximate surface area is 178 Å². The number of hydrogen-bond donors (Lipinski definition) is 3. The number of nitrogens with one attached hydrogen (secondary N) is 3. The van der Waals surface area contributed by atoms with Gasteiger partial charge in [-0.25, -0.2) is 0 Å². The third-order valence-electron chi connectivity index (χ3n) is 5.79. The van der Waals surface area contributed by atoms with Crippen LogP contribution in [0.3, 0.4) is 0 Å². The lowest BCUT2D eigenvalue weighted by molar-refractivity contribution is 0.102. The number of amides is 1. The number of methoxy groups -OCH3 is 1. The Morgan fingerprint density at radius 2 is 1.90 bits per heavy atom. The average molecular weight is 407 g/mol. The summed E-state index contributed by atoms with van der Waals surface area (Å²) >= 11 is 0. The summed E-state index contributed by atoms with van der Waals surface area (Å²) in [7, 11) is 1.61. The molecule has 0 aliphatic carbocycles. The number of hydrogen-bond acceptors (Lipinski definition) is 5. The van der Waals surface area contributed by atoms with Gasteiger partial charge in [-0.05, 0) is 66.9 Å². The first-order valence-corrected chi connectivity index (χ1v) is 10.6. The van der Waals surface area contributed by atoms with Crippen LogP contribution in [0, 0.1) is 6.92 Å². The topological polar surface area (TPSA) is 65.6 Å². The quantitative estimate of drug-likeness (QED) is 0.712. The Kier molecular flexibility index (Phi) is 6.35. The van der Waals surface area contributed by atoms with Gasteiger partial charge in [0.25, 0.3) is 5.91 Å². The molecule has 4 rings (SSSR count). The van der Waals surface area contributed by atoms with Crippen LogP contribution in [0.1, 0.15) is 27.9 Å². The van der Waals surface area contributed by atoms with Crippen molar-refractivity contribution in [1.29, 1.82) is 0 Å². The predicted molar refractivity (Wildman–Crippen MR) is 123 cm³/mol. The minimum atomic E-state index is -0.160. The third kappa shape index (κ3) is 4.50. The molecule has 2 aromatic rings. The van der Waals surface area contributed by atoms with Crippen LogP contribution < -0.4 is 25.6 Å². The molecule has 0 bridgehead atoms. The van der Waals surface area contributed by atoms with Crippen molar-refractivity contribution in [2.75, 3.05) is 56.6 Å². The number of carbonyl (C=O) groups is 1. The molecule has 3 N–H and O–H groups in total. The van der Waals surface area contributed by atoms with Crippen molar-refractivity contribution < 1.29 is 9.53 Å². The first-order chi connectivity index (χ1) is 14.7. The van der Waals surface area contributed by atoms with Gasteiger partial charge in [-0.1, -0.05) is 12.1 Å². The molecule has 1 fully saturated rings. The minimum Gasteiger partial charge on any atom is -0.496 e. The van der Waals surface area contributed by atoms with Gasteiger partial charge in [-0.2, -0.15) is 0 Å². The highest BCUT2D eigenvalue weighted by molar-refractivity contribution is 6.06. The van der Waals surface area contributed by atoms with E-state index in [1.165, 1.54) is 11.3 Å². The summed E-state index contributed by atoms with van der Waals surface area (Å²) in [6.45, 7) is 7.95. The van der Waals surface area contributed by atoms with Gasteiger partial charge in [-0.15, -0.1) is 0 Å². The SMILES string of the molecule is COc1cc(C2=CCNCC2)ccc1C(=O)Nc1ccc(N2CCNCC2)c(C)c1. The first-order valence-electron chi connectivity index (χ1n) is 10.6. The van der Waals surface area contributed by atoms with E-state index in [1.807, 2.05) is 30.3 Å². The molecule has 0 saturated carbocycles. The normalized spacial score (nSPS) is 16.7. The lowest BCUT2D eigenvalue weighted by Gasteiger charge is -2.30. The number of anilines is 2. The second-order valence-electron chi connectivity index (χ2n) is 7.79. The molecule has 6 nitrogen and oxygen atoms in total. The fraction of sp³-hybridized carbons (Fsp3) is 0.375. The molecule has 1 amide bonds. The number of piperazine rings is 1. The summed E-state index contributed by atoms with van der Waals surface area (Å²) in [5.74, 6) is 0.436. The van der Waals surface area contributed by atoms with Crippen LogP contribution in [0.5, 0.6) is 5.75 Å². The van der Waals surface area contributed by atoms with Gasteiger partial charge in [0.05, 0.1) is 12.7 Å². The van der Waals surface area contributed by atoms with E-state index < -0.39 is 0 Å². The van der Waals surface area contributed by atoms with E-state index in [4.69, 9.17) is 4.74 Å². The highest BCUT2D eigenvalue weighted by Crippen LogP contribution is 2.29. The highest BCUT2D eigenvalue weighted by atomic mass is 16.5. The van der Waals surface area contributed by atoms with Crippen molar-refractivity contribution in [3.05, 3.63) is 59.2 Å². The fourth-order valence-electron chi connectivity index (χ4n) is 4.16. The highest BCUT2D eigenvalue weighted by Gasteiger charge is 2.17. The zero-order valence-corrected chi connectivity index (χ0v) is 17.8. The molecular weight excluding hydrogens is 376 g/mol. The van der Waals surface area contributed by atoms with Gasteiger partial charge < -0.3 is 25.6 Å². The average Bonchev–Trinajstić information content (AvgIpc) is 2.80. The maximum Gasteiger partial charge on any atom is 0.259 e. The van der Waals surface area contributed by atoms with E-state index in [9.17, 15) is 4.79 Å². The Morgan fingerprint density at radius 1 is 1.07 bits per heavy atom. The summed E-state index contributed by atoms with van der Waals surface area (Å²) < 4.78 is 5.54. The van der Waals surface area contributed by atoms with Gasteiger partial charge in [0.2, 0.25) is 0 Å². The lowest BCUT2D eigenvalue weighted by atomic mass is 9.98. The molecule has 0 radical (unpaired) electrons. The molecule has 30 heavy (non-hydrogen) atoms. The summed E-state index contributed by atoms with van der Waals surface area (Å²) in [6, 6.07) is 11.9. The molecule has 2 aliphatic heterocycles. The zero-order valence-electron chi connectivity index (χ0n) is 17.8. The Hall–Kier alpha value is -2.83. The summed E-state index contributed by atoms with van der Waals surface area (Å²) in [4.78, 5) is 15.3. The molecule has 0 spiro atoms. The summed E-state index contributed by atoms with van der Waals surface area (Å²) in [5, 5.41) is 9.73. The summed E-state index contributed by atoms with van der Waals surface area (Å²) in [5.41, 5.74) is 6.13. The smallest absolute Gasteiger partial charge is 0.259 e. The van der Waals surface area contributed by atoms with E-state index in [0.717, 1.165) is 62.5 Å². The van der Waals surface area contributed by atoms with Gasteiger partial charge in [0, 0.05) is 44.1 Å². The van der Waals surface area contributed by atoms with Crippen LogP contribution >= 0.6 is 0 Å². The summed E-state index contributed by atoms with van der Waals surface area (Å²) in [6.07, 6.45) is 3.17. The van der Waals surface area contributed by atoms with Crippen LogP contribution in [0.15, 0.2) is 42.5 Å². The second kappa shape index (κ2) is 9.32. The zero-order chi connectivity index (χ0) is 20.9. The Balaban J connectivity index is 1.50. The van der Waals surface area contributed by atoms with E-state index >= 15 is 0 Å². The van der Waals surface area contributed by atoms with Crippen LogP contribution in [0.4, 0.5) is 11.4 Å². The van der Waals surface area contributed by atoms with Gasteiger partial charge in [-0.3, -0.25) is 4.79 Å². The maximum absolute atomic E-state index is 12.9. The minimum absolute atomic E-state index is 0.160. The predicted octanol–water partition coefficient (Wildman–Crippen LogP) is 3.04. The van der Waals surface area contributed by atoms with E-state index in [0.29, 0.717) is 11.3 Å². The molecule has 6 heteroatoms. The van der Waals surface area contributed by atoms with Crippen molar-refractivity contribution in [1.82, 2.24) is 10.6 Å². The standard InChI is InChI=1S/C24H30N4O2/c1-17-15-20(4-6-22(17)28-13-11-26-12-14-28)27-24(29)21-5-3-19(16-23(21)30-2)18-7-9-25-10-8-18/h3-7,15-16,25-26H,8-14H2,1-2H3,(H,27,29). The molecule has 158 valence electrons. The van der Waals surface area contributed by atoms with Crippen LogP contribution in [-0.2, 0) is 0 Å².